The van der Waals surface area contributed by atoms with Gasteiger partial charge in [0.2, 0.25) is 0 Å². The minimum atomic E-state index is -0.0891. The Labute approximate surface area is 191 Å². The Kier molecular flexibility index (Phi) is 6.75. The van der Waals surface area contributed by atoms with Crippen LogP contribution in [0.2, 0.25) is 0 Å². The first-order valence-electron chi connectivity index (χ1n) is 12.3. The Morgan fingerprint density at radius 2 is 1.41 bits per heavy atom. The molecule has 3 fully saturated rings. The normalized spacial score (nSPS) is 23.6. The SMILES string of the molecule is O=C1OC(CN2CCN(C(c3ccccc3)c3ccccc3)CC2)CN1C1CCCCC1. The van der Waals surface area contributed by atoms with E-state index in [4.69, 9.17) is 4.74 Å². The molecule has 0 spiro atoms. The first kappa shape index (κ1) is 21.5. The molecule has 3 aliphatic rings. The van der Waals surface area contributed by atoms with Gasteiger partial charge in [0.15, 0.2) is 0 Å². The van der Waals surface area contributed by atoms with Crippen LogP contribution in [-0.2, 0) is 4.74 Å². The highest BCUT2D eigenvalue weighted by molar-refractivity contribution is 5.70. The summed E-state index contributed by atoms with van der Waals surface area (Å²) in [6.45, 7) is 5.66. The van der Waals surface area contributed by atoms with Crippen LogP contribution in [0.3, 0.4) is 0 Å². The molecular formula is C27H35N3O2. The molecule has 1 amide bonds. The molecule has 1 unspecified atom stereocenters. The third kappa shape index (κ3) is 4.84. The van der Waals surface area contributed by atoms with Crippen molar-refractivity contribution in [1.29, 1.82) is 0 Å². The fraction of sp³-hybridized carbons (Fsp3) is 0.519. The van der Waals surface area contributed by atoms with Gasteiger partial charge in [0, 0.05) is 38.8 Å². The number of nitrogens with zero attached hydrogens (tertiary/aromatic N) is 3. The van der Waals surface area contributed by atoms with Crippen molar-refractivity contribution in [2.45, 2.75) is 50.3 Å². The van der Waals surface area contributed by atoms with Crippen molar-refractivity contribution in [3.05, 3.63) is 71.8 Å². The molecule has 2 heterocycles. The average Bonchev–Trinajstić information content (AvgIpc) is 3.22. The summed E-state index contributed by atoms with van der Waals surface area (Å²) in [5.74, 6) is 0. The number of hydrogen-bond donors (Lipinski definition) is 0. The largest absolute Gasteiger partial charge is 0.443 e. The minimum absolute atomic E-state index is 0.00928. The molecule has 2 aromatic rings. The number of cyclic esters (lactones) is 1. The zero-order chi connectivity index (χ0) is 21.8. The molecule has 2 aromatic carbocycles. The standard InChI is InChI=1S/C27H35N3O2/c31-27-30(24-14-8-3-9-15-24)21-25(32-27)20-28-16-18-29(19-17-28)26(22-10-4-1-5-11-22)23-12-6-2-7-13-23/h1-2,4-7,10-13,24-26H,3,8-9,14-21H2. The van der Waals surface area contributed by atoms with Crippen LogP contribution >= 0.6 is 0 Å². The summed E-state index contributed by atoms with van der Waals surface area (Å²) in [4.78, 5) is 19.5. The fourth-order valence-electron chi connectivity index (χ4n) is 5.70. The van der Waals surface area contributed by atoms with Gasteiger partial charge in [-0.2, -0.15) is 0 Å². The van der Waals surface area contributed by atoms with Crippen LogP contribution in [0, 0.1) is 0 Å². The first-order valence-corrected chi connectivity index (χ1v) is 12.3. The molecule has 0 bridgehead atoms. The predicted octanol–water partition coefficient (Wildman–Crippen LogP) is 4.55. The number of carbonyl (C=O) groups is 1. The molecule has 5 heteroatoms. The van der Waals surface area contributed by atoms with Crippen molar-refractivity contribution in [3.8, 4) is 0 Å². The van der Waals surface area contributed by atoms with Crippen molar-refractivity contribution in [2.24, 2.45) is 0 Å². The molecule has 32 heavy (non-hydrogen) atoms. The van der Waals surface area contributed by atoms with Crippen molar-refractivity contribution in [1.82, 2.24) is 14.7 Å². The highest BCUT2D eigenvalue weighted by Gasteiger charge is 2.37. The third-order valence-electron chi connectivity index (χ3n) is 7.38. The lowest BCUT2D eigenvalue weighted by atomic mass is 9.94. The van der Waals surface area contributed by atoms with E-state index in [1.54, 1.807) is 0 Å². The summed E-state index contributed by atoms with van der Waals surface area (Å²) in [6, 6.07) is 22.3. The van der Waals surface area contributed by atoms with Gasteiger partial charge in [-0.1, -0.05) is 79.9 Å². The summed E-state index contributed by atoms with van der Waals surface area (Å²) < 4.78 is 5.77. The van der Waals surface area contributed by atoms with Crippen molar-refractivity contribution >= 4 is 6.09 Å². The van der Waals surface area contributed by atoms with E-state index in [9.17, 15) is 4.79 Å². The van der Waals surface area contributed by atoms with Gasteiger partial charge in [0.25, 0.3) is 0 Å². The van der Waals surface area contributed by atoms with Crippen LogP contribution in [0.5, 0.6) is 0 Å². The smallest absolute Gasteiger partial charge is 0.410 e. The maximum Gasteiger partial charge on any atom is 0.410 e. The van der Waals surface area contributed by atoms with Crippen LogP contribution in [0.4, 0.5) is 4.79 Å². The number of piperazine rings is 1. The molecule has 0 aromatic heterocycles. The Bertz CT molecular complexity index is 821. The molecule has 0 radical (unpaired) electrons. The number of ether oxygens (including phenoxy) is 1. The van der Waals surface area contributed by atoms with Crippen molar-refractivity contribution in [3.63, 3.8) is 0 Å². The predicted molar refractivity (Wildman–Crippen MR) is 127 cm³/mol. The summed E-state index contributed by atoms with van der Waals surface area (Å²) in [6.07, 6.45) is 5.99. The summed E-state index contributed by atoms with van der Waals surface area (Å²) in [7, 11) is 0. The summed E-state index contributed by atoms with van der Waals surface area (Å²) in [5, 5.41) is 0. The lowest BCUT2D eigenvalue weighted by Gasteiger charge is -2.40. The Balaban J connectivity index is 1.19. The monoisotopic (exact) mass is 433 g/mol. The fourth-order valence-corrected chi connectivity index (χ4v) is 5.70. The van der Waals surface area contributed by atoms with E-state index in [1.165, 1.54) is 30.4 Å². The van der Waals surface area contributed by atoms with E-state index >= 15 is 0 Å². The Morgan fingerprint density at radius 1 is 0.812 bits per heavy atom. The van der Waals surface area contributed by atoms with Crippen LogP contribution in [-0.4, -0.2) is 72.2 Å². The second kappa shape index (κ2) is 10.1. The van der Waals surface area contributed by atoms with Gasteiger partial charge in [-0.05, 0) is 24.0 Å². The van der Waals surface area contributed by atoms with E-state index in [0.717, 1.165) is 52.1 Å². The average molecular weight is 434 g/mol. The lowest BCUT2D eigenvalue weighted by Crippen LogP contribution is -2.50. The maximum atomic E-state index is 12.5. The number of hydrogen-bond acceptors (Lipinski definition) is 4. The van der Waals surface area contributed by atoms with Gasteiger partial charge in [-0.3, -0.25) is 9.80 Å². The van der Waals surface area contributed by atoms with Gasteiger partial charge in [-0.25, -0.2) is 4.79 Å². The third-order valence-corrected chi connectivity index (χ3v) is 7.38. The molecule has 1 atom stereocenters. The van der Waals surface area contributed by atoms with Crippen LogP contribution in [0.25, 0.3) is 0 Å². The molecular weight excluding hydrogens is 398 g/mol. The van der Waals surface area contributed by atoms with Gasteiger partial charge in [0.05, 0.1) is 12.6 Å². The van der Waals surface area contributed by atoms with E-state index in [-0.39, 0.29) is 18.2 Å². The highest BCUT2D eigenvalue weighted by atomic mass is 16.6. The zero-order valence-corrected chi connectivity index (χ0v) is 18.9. The van der Waals surface area contributed by atoms with Crippen LogP contribution in [0.15, 0.2) is 60.7 Å². The van der Waals surface area contributed by atoms with Crippen LogP contribution < -0.4 is 0 Å². The molecule has 5 rings (SSSR count). The van der Waals surface area contributed by atoms with E-state index in [2.05, 4.69) is 70.5 Å². The second-order valence-corrected chi connectivity index (χ2v) is 9.51. The van der Waals surface area contributed by atoms with Gasteiger partial charge in [0.1, 0.15) is 6.10 Å². The maximum absolute atomic E-state index is 12.5. The van der Waals surface area contributed by atoms with E-state index in [1.807, 2.05) is 4.90 Å². The van der Waals surface area contributed by atoms with Gasteiger partial charge < -0.3 is 9.64 Å². The second-order valence-electron chi connectivity index (χ2n) is 9.51. The zero-order valence-electron chi connectivity index (χ0n) is 18.9. The van der Waals surface area contributed by atoms with E-state index < -0.39 is 0 Å². The molecule has 1 aliphatic carbocycles. The summed E-state index contributed by atoms with van der Waals surface area (Å²) in [5.41, 5.74) is 2.69. The van der Waals surface area contributed by atoms with Crippen LogP contribution in [0.1, 0.15) is 49.3 Å². The molecule has 170 valence electrons. The number of carbonyl (C=O) groups excluding carboxylic acids is 1. The molecule has 2 saturated heterocycles. The number of rotatable bonds is 6. The Morgan fingerprint density at radius 3 is 2.00 bits per heavy atom. The topological polar surface area (TPSA) is 36.0 Å². The van der Waals surface area contributed by atoms with Crippen molar-refractivity contribution in [2.75, 3.05) is 39.3 Å². The molecule has 1 saturated carbocycles. The number of benzene rings is 2. The number of amides is 1. The first-order chi connectivity index (χ1) is 15.8. The summed E-state index contributed by atoms with van der Waals surface area (Å²) >= 11 is 0. The molecule has 0 N–H and O–H groups in total. The Hall–Kier alpha value is -2.37. The van der Waals surface area contributed by atoms with Gasteiger partial charge in [-0.15, -0.1) is 0 Å². The highest BCUT2D eigenvalue weighted by Crippen LogP contribution is 2.30. The van der Waals surface area contributed by atoms with E-state index in [0.29, 0.717) is 6.04 Å². The lowest BCUT2D eigenvalue weighted by molar-refractivity contribution is 0.0670. The van der Waals surface area contributed by atoms with Gasteiger partial charge >= 0.3 is 6.09 Å². The molecule has 5 nitrogen and oxygen atoms in total. The minimum Gasteiger partial charge on any atom is -0.443 e. The van der Waals surface area contributed by atoms with Crippen molar-refractivity contribution < 1.29 is 9.53 Å². The molecule has 2 aliphatic heterocycles. The quantitative estimate of drug-likeness (QED) is 0.670.